The average Bonchev–Trinajstić information content (AvgIpc) is 3.02. The molecule has 7 heteroatoms. The third kappa shape index (κ3) is 4.11. The molecule has 0 atom stereocenters. The van der Waals surface area contributed by atoms with Gasteiger partial charge < -0.3 is 9.40 Å². The molecule has 0 aliphatic heterocycles. The number of rotatable bonds is 6. The lowest BCUT2D eigenvalue weighted by molar-refractivity contribution is 0.528. The van der Waals surface area contributed by atoms with Crippen LogP contribution < -0.4 is 5.56 Å². The number of nitrogens with one attached hydrogen (secondary N) is 1. The lowest BCUT2D eigenvalue weighted by Crippen LogP contribution is -2.09. The minimum atomic E-state index is -0.137. The van der Waals surface area contributed by atoms with Crippen molar-refractivity contribution in [3.8, 4) is 11.5 Å². The summed E-state index contributed by atoms with van der Waals surface area (Å²) in [5, 5.41) is 8.71. The van der Waals surface area contributed by atoms with Crippen LogP contribution in [0.15, 0.2) is 44.7 Å². The van der Waals surface area contributed by atoms with E-state index in [1.54, 1.807) is 0 Å². The number of aryl methyl sites for hydroxylation is 2. The van der Waals surface area contributed by atoms with E-state index in [1.165, 1.54) is 17.8 Å². The van der Waals surface area contributed by atoms with Crippen LogP contribution in [0.25, 0.3) is 11.5 Å². The Hall–Kier alpha value is -2.41. The summed E-state index contributed by atoms with van der Waals surface area (Å²) < 4.78 is 5.69. The van der Waals surface area contributed by atoms with Crippen molar-refractivity contribution in [1.82, 2.24) is 20.2 Å². The van der Waals surface area contributed by atoms with E-state index < -0.39 is 0 Å². The first-order chi connectivity index (χ1) is 11.6. The maximum atomic E-state index is 11.7. The molecule has 6 nitrogen and oxygen atoms in total. The highest BCUT2D eigenvalue weighted by atomic mass is 32.2. The largest absolute Gasteiger partial charge is 0.420 e. The Bertz CT molecular complexity index is 888. The molecule has 0 saturated heterocycles. The average molecular weight is 342 g/mol. The molecule has 0 fully saturated rings. The Labute approximate surface area is 143 Å². The van der Waals surface area contributed by atoms with Gasteiger partial charge in [-0.05, 0) is 25.5 Å². The van der Waals surface area contributed by atoms with Crippen LogP contribution in [-0.2, 0) is 12.2 Å². The number of aromatic amines is 1. The Balaban J connectivity index is 1.71. The molecule has 0 amide bonds. The molecule has 124 valence electrons. The Kier molecular flexibility index (Phi) is 5.10. The molecule has 1 aromatic carbocycles. The molecule has 3 aromatic rings. The SMILES string of the molecule is CCCc1cc(=O)[nH]c(SCc2nnc(-c3cccc(C)c3)o2)n1. The lowest BCUT2D eigenvalue weighted by Gasteiger charge is -2.01. The van der Waals surface area contributed by atoms with Gasteiger partial charge in [-0.2, -0.15) is 0 Å². The fourth-order valence-corrected chi connectivity index (χ4v) is 3.00. The van der Waals surface area contributed by atoms with E-state index in [0.29, 0.717) is 22.7 Å². The van der Waals surface area contributed by atoms with Crippen molar-refractivity contribution in [2.24, 2.45) is 0 Å². The van der Waals surface area contributed by atoms with E-state index in [0.717, 1.165) is 29.7 Å². The molecular weight excluding hydrogens is 324 g/mol. The first-order valence-electron chi connectivity index (χ1n) is 7.76. The van der Waals surface area contributed by atoms with Crippen LogP contribution in [0.4, 0.5) is 0 Å². The summed E-state index contributed by atoms with van der Waals surface area (Å²) >= 11 is 1.38. The van der Waals surface area contributed by atoms with Gasteiger partial charge in [0, 0.05) is 17.3 Å². The van der Waals surface area contributed by atoms with Gasteiger partial charge in [-0.15, -0.1) is 10.2 Å². The van der Waals surface area contributed by atoms with Gasteiger partial charge in [-0.25, -0.2) is 4.98 Å². The predicted octanol–water partition coefficient (Wildman–Crippen LogP) is 3.37. The second kappa shape index (κ2) is 7.44. The van der Waals surface area contributed by atoms with Crippen molar-refractivity contribution in [1.29, 1.82) is 0 Å². The van der Waals surface area contributed by atoms with E-state index in [9.17, 15) is 4.79 Å². The summed E-state index contributed by atoms with van der Waals surface area (Å²) in [6, 6.07) is 9.44. The van der Waals surface area contributed by atoms with Crippen molar-refractivity contribution in [3.05, 3.63) is 57.8 Å². The van der Waals surface area contributed by atoms with Gasteiger partial charge in [0.1, 0.15) is 0 Å². The van der Waals surface area contributed by atoms with Crippen LogP contribution in [0.2, 0.25) is 0 Å². The zero-order valence-corrected chi connectivity index (χ0v) is 14.4. The fourth-order valence-electron chi connectivity index (χ4n) is 2.27. The third-order valence-corrected chi connectivity index (χ3v) is 4.20. The van der Waals surface area contributed by atoms with Gasteiger partial charge in [-0.1, -0.05) is 42.8 Å². The number of aromatic nitrogens is 4. The molecular formula is C17H18N4O2S. The molecule has 0 spiro atoms. The summed E-state index contributed by atoms with van der Waals surface area (Å²) in [5.41, 5.74) is 2.70. The number of H-pyrrole nitrogens is 1. The molecule has 2 heterocycles. The van der Waals surface area contributed by atoms with E-state index in [-0.39, 0.29) is 5.56 Å². The standard InChI is InChI=1S/C17H18N4O2S/c1-3-5-13-9-14(22)19-17(18-13)24-10-15-20-21-16(23-15)12-7-4-6-11(2)8-12/h4,6-9H,3,5,10H2,1-2H3,(H,18,19,22). The summed E-state index contributed by atoms with van der Waals surface area (Å²) in [7, 11) is 0. The second-order valence-corrected chi connectivity index (χ2v) is 6.42. The maximum Gasteiger partial charge on any atom is 0.251 e. The highest BCUT2D eigenvalue weighted by molar-refractivity contribution is 7.98. The van der Waals surface area contributed by atoms with Gasteiger partial charge >= 0.3 is 0 Å². The molecule has 0 bridgehead atoms. The van der Waals surface area contributed by atoms with Crippen LogP contribution in [0.1, 0.15) is 30.5 Å². The van der Waals surface area contributed by atoms with Crippen LogP contribution >= 0.6 is 11.8 Å². The fraction of sp³-hybridized carbons (Fsp3) is 0.294. The Morgan fingerprint density at radius 1 is 1.25 bits per heavy atom. The van der Waals surface area contributed by atoms with Crippen molar-refractivity contribution in [2.45, 2.75) is 37.6 Å². The van der Waals surface area contributed by atoms with Crippen molar-refractivity contribution in [3.63, 3.8) is 0 Å². The van der Waals surface area contributed by atoms with Crippen molar-refractivity contribution < 1.29 is 4.42 Å². The first-order valence-corrected chi connectivity index (χ1v) is 8.75. The molecule has 1 N–H and O–H groups in total. The van der Waals surface area contributed by atoms with Crippen LogP contribution in [0.5, 0.6) is 0 Å². The first kappa shape index (κ1) is 16.4. The number of hydrogen-bond acceptors (Lipinski definition) is 6. The monoisotopic (exact) mass is 342 g/mol. The molecule has 0 aliphatic carbocycles. The lowest BCUT2D eigenvalue weighted by atomic mass is 10.1. The Morgan fingerprint density at radius 3 is 2.92 bits per heavy atom. The number of hydrogen-bond donors (Lipinski definition) is 1. The number of thioether (sulfide) groups is 1. The predicted molar refractivity (Wildman–Crippen MR) is 92.9 cm³/mol. The van der Waals surface area contributed by atoms with Crippen LogP contribution in [-0.4, -0.2) is 20.2 Å². The van der Waals surface area contributed by atoms with Gasteiger partial charge in [0.2, 0.25) is 11.8 Å². The van der Waals surface area contributed by atoms with Crippen LogP contribution in [0.3, 0.4) is 0 Å². The number of nitrogens with zero attached hydrogens (tertiary/aromatic N) is 3. The van der Waals surface area contributed by atoms with E-state index in [2.05, 4.69) is 27.1 Å². The molecule has 2 aromatic heterocycles. The van der Waals surface area contributed by atoms with Gasteiger partial charge in [0.05, 0.1) is 5.75 Å². The van der Waals surface area contributed by atoms with Gasteiger partial charge in [-0.3, -0.25) is 4.79 Å². The minimum absolute atomic E-state index is 0.137. The third-order valence-electron chi connectivity index (χ3n) is 3.34. The molecule has 24 heavy (non-hydrogen) atoms. The van der Waals surface area contributed by atoms with Gasteiger partial charge in [0.15, 0.2) is 5.16 Å². The molecule has 0 saturated carbocycles. The van der Waals surface area contributed by atoms with E-state index in [4.69, 9.17) is 4.42 Å². The smallest absolute Gasteiger partial charge is 0.251 e. The van der Waals surface area contributed by atoms with E-state index in [1.807, 2.05) is 31.2 Å². The Morgan fingerprint density at radius 2 is 2.12 bits per heavy atom. The van der Waals surface area contributed by atoms with Crippen LogP contribution in [0, 0.1) is 6.92 Å². The zero-order chi connectivity index (χ0) is 16.9. The highest BCUT2D eigenvalue weighted by Gasteiger charge is 2.10. The molecule has 3 rings (SSSR count). The minimum Gasteiger partial charge on any atom is -0.420 e. The van der Waals surface area contributed by atoms with Crippen molar-refractivity contribution >= 4 is 11.8 Å². The maximum absolute atomic E-state index is 11.7. The summed E-state index contributed by atoms with van der Waals surface area (Å²) in [5.74, 6) is 1.45. The second-order valence-electron chi connectivity index (χ2n) is 5.45. The quantitative estimate of drug-likeness (QED) is 0.546. The summed E-state index contributed by atoms with van der Waals surface area (Å²) in [6.45, 7) is 4.07. The zero-order valence-electron chi connectivity index (χ0n) is 13.6. The van der Waals surface area contributed by atoms with Crippen molar-refractivity contribution in [2.75, 3.05) is 0 Å². The molecule has 0 radical (unpaired) electrons. The highest BCUT2D eigenvalue weighted by Crippen LogP contribution is 2.22. The molecule has 0 aliphatic rings. The van der Waals surface area contributed by atoms with E-state index >= 15 is 0 Å². The number of benzene rings is 1. The summed E-state index contributed by atoms with van der Waals surface area (Å²) in [6.07, 6.45) is 1.74. The van der Waals surface area contributed by atoms with Gasteiger partial charge in [0.25, 0.3) is 5.56 Å². The normalized spacial score (nSPS) is 10.9. The topological polar surface area (TPSA) is 84.7 Å². The molecule has 0 unspecified atom stereocenters. The summed E-state index contributed by atoms with van der Waals surface area (Å²) in [4.78, 5) is 18.8.